The van der Waals surface area contributed by atoms with E-state index in [2.05, 4.69) is 24.1 Å². The Bertz CT molecular complexity index is 313. The first-order valence-corrected chi connectivity index (χ1v) is 6.38. The average Bonchev–Trinajstić information content (AvgIpc) is 2.66. The highest BCUT2D eigenvalue weighted by atomic mass is 16.3. The molecule has 16 heavy (non-hydrogen) atoms. The van der Waals surface area contributed by atoms with Crippen molar-refractivity contribution in [3.63, 3.8) is 0 Å². The molecule has 1 unspecified atom stereocenters. The van der Waals surface area contributed by atoms with Gasteiger partial charge in [0.25, 0.3) is 0 Å². The number of nitrogens with zero attached hydrogens (tertiary/aromatic N) is 1. The van der Waals surface area contributed by atoms with Gasteiger partial charge in [0.1, 0.15) is 6.26 Å². The normalized spacial score (nSPS) is 21.6. The van der Waals surface area contributed by atoms with Crippen LogP contribution >= 0.6 is 0 Å². The molecule has 90 valence electrons. The number of hydrogen-bond donors (Lipinski definition) is 1. The Kier molecular flexibility index (Phi) is 3.99. The second kappa shape index (κ2) is 5.48. The summed E-state index contributed by atoms with van der Waals surface area (Å²) in [6.07, 6.45) is 6.42. The summed E-state index contributed by atoms with van der Waals surface area (Å²) in [4.78, 5) is 4.55. The highest BCUT2D eigenvalue weighted by Crippen LogP contribution is 2.17. The SMILES string of the molecule is CC(C)Cc1coc(CC2CCCNC2)n1. The van der Waals surface area contributed by atoms with Gasteiger partial charge in [0.05, 0.1) is 5.69 Å². The van der Waals surface area contributed by atoms with Gasteiger partial charge < -0.3 is 9.73 Å². The summed E-state index contributed by atoms with van der Waals surface area (Å²) in [5.74, 6) is 2.28. The van der Waals surface area contributed by atoms with E-state index in [-0.39, 0.29) is 0 Å². The lowest BCUT2D eigenvalue weighted by atomic mass is 9.96. The molecule has 1 aliphatic rings. The zero-order valence-electron chi connectivity index (χ0n) is 10.3. The van der Waals surface area contributed by atoms with Crippen LogP contribution in [0.25, 0.3) is 0 Å². The molecule has 1 N–H and O–H groups in total. The van der Waals surface area contributed by atoms with Crippen molar-refractivity contribution in [3.8, 4) is 0 Å². The van der Waals surface area contributed by atoms with Gasteiger partial charge in [0, 0.05) is 6.42 Å². The first-order valence-electron chi connectivity index (χ1n) is 6.38. The second-order valence-corrected chi connectivity index (χ2v) is 5.25. The molecule has 1 atom stereocenters. The molecule has 1 aromatic rings. The first-order chi connectivity index (χ1) is 7.74. The molecule has 0 radical (unpaired) electrons. The molecule has 0 aliphatic carbocycles. The fourth-order valence-corrected chi connectivity index (χ4v) is 2.30. The van der Waals surface area contributed by atoms with Crippen LogP contribution in [0.15, 0.2) is 10.7 Å². The Morgan fingerprint density at radius 3 is 3.12 bits per heavy atom. The molecule has 1 aromatic heterocycles. The van der Waals surface area contributed by atoms with Crippen LogP contribution in [0.3, 0.4) is 0 Å². The van der Waals surface area contributed by atoms with Gasteiger partial charge in [-0.3, -0.25) is 0 Å². The summed E-state index contributed by atoms with van der Waals surface area (Å²) in [5.41, 5.74) is 1.11. The monoisotopic (exact) mass is 222 g/mol. The third kappa shape index (κ3) is 3.34. The van der Waals surface area contributed by atoms with Crippen LogP contribution in [0, 0.1) is 11.8 Å². The fraction of sp³-hybridized carbons (Fsp3) is 0.769. The van der Waals surface area contributed by atoms with Gasteiger partial charge in [0.15, 0.2) is 5.89 Å². The maximum atomic E-state index is 5.53. The highest BCUT2D eigenvalue weighted by molar-refractivity contribution is 4.98. The third-order valence-electron chi connectivity index (χ3n) is 3.08. The van der Waals surface area contributed by atoms with Crippen LogP contribution in [0.2, 0.25) is 0 Å². The maximum absolute atomic E-state index is 5.53. The van der Waals surface area contributed by atoms with E-state index in [1.54, 1.807) is 0 Å². The molecule has 2 rings (SSSR count). The molecule has 1 saturated heterocycles. The summed E-state index contributed by atoms with van der Waals surface area (Å²) < 4.78 is 5.53. The average molecular weight is 222 g/mol. The minimum Gasteiger partial charge on any atom is -0.449 e. The number of nitrogens with one attached hydrogen (secondary N) is 1. The van der Waals surface area contributed by atoms with E-state index in [1.165, 1.54) is 19.4 Å². The number of aromatic nitrogens is 1. The van der Waals surface area contributed by atoms with Gasteiger partial charge in [-0.05, 0) is 44.2 Å². The zero-order chi connectivity index (χ0) is 11.4. The van der Waals surface area contributed by atoms with Gasteiger partial charge >= 0.3 is 0 Å². The van der Waals surface area contributed by atoms with Crippen LogP contribution < -0.4 is 5.32 Å². The van der Waals surface area contributed by atoms with E-state index < -0.39 is 0 Å². The predicted octanol–water partition coefficient (Wildman–Crippen LogP) is 2.42. The van der Waals surface area contributed by atoms with E-state index in [9.17, 15) is 0 Å². The Morgan fingerprint density at radius 1 is 1.56 bits per heavy atom. The Balaban J connectivity index is 1.86. The van der Waals surface area contributed by atoms with Gasteiger partial charge in [-0.1, -0.05) is 13.8 Å². The van der Waals surface area contributed by atoms with Crippen LogP contribution in [0.4, 0.5) is 0 Å². The van der Waals surface area contributed by atoms with E-state index in [4.69, 9.17) is 4.42 Å². The summed E-state index contributed by atoms with van der Waals surface area (Å²) in [6.45, 7) is 6.70. The van der Waals surface area contributed by atoms with Crippen molar-refractivity contribution in [3.05, 3.63) is 17.8 Å². The largest absolute Gasteiger partial charge is 0.449 e. The maximum Gasteiger partial charge on any atom is 0.194 e. The van der Waals surface area contributed by atoms with Crippen LogP contribution in [-0.4, -0.2) is 18.1 Å². The first kappa shape index (κ1) is 11.6. The van der Waals surface area contributed by atoms with Crippen molar-refractivity contribution in [2.45, 2.75) is 39.5 Å². The summed E-state index contributed by atoms with van der Waals surface area (Å²) in [7, 11) is 0. The molecule has 0 saturated carbocycles. The van der Waals surface area contributed by atoms with Gasteiger partial charge in [-0.25, -0.2) is 4.98 Å². The molecule has 0 aromatic carbocycles. The summed E-state index contributed by atoms with van der Waals surface area (Å²) >= 11 is 0. The predicted molar refractivity (Wildman–Crippen MR) is 64.3 cm³/mol. The van der Waals surface area contributed by atoms with E-state index in [0.29, 0.717) is 11.8 Å². The molecule has 0 spiro atoms. The molecule has 0 bridgehead atoms. The Hall–Kier alpha value is -0.830. The molecular formula is C13H22N2O. The minimum atomic E-state index is 0.647. The lowest BCUT2D eigenvalue weighted by Gasteiger charge is -2.21. The fourth-order valence-electron chi connectivity index (χ4n) is 2.30. The van der Waals surface area contributed by atoms with Crippen molar-refractivity contribution < 1.29 is 4.42 Å². The molecule has 2 heterocycles. The van der Waals surface area contributed by atoms with Crippen molar-refractivity contribution in [1.29, 1.82) is 0 Å². The Morgan fingerprint density at radius 2 is 2.44 bits per heavy atom. The Labute approximate surface area is 97.6 Å². The molecular weight excluding hydrogens is 200 g/mol. The van der Waals surface area contributed by atoms with E-state index >= 15 is 0 Å². The lowest BCUT2D eigenvalue weighted by Crippen LogP contribution is -2.30. The third-order valence-corrected chi connectivity index (χ3v) is 3.08. The van der Waals surface area contributed by atoms with E-state index in [0.717, 1.165) is 31.0 Å². The molecule has 0 amide bonds. The number of rotatable bonds is 4. The van der Waals surface area contributed by atoms with Gasteiger partial charge in [-0.2, -0.15) is 0 Å². The molecule has 1 aliphatic heterocycles. The smallest absolute Gasteiger partial charge is 0.194 e. The number of oxazole rings is 1. The quantitative estimate of drug-likeness (QED) is 0.850. The lowest BCUT2D eigenvalue weighted by molar-refractivity contribution is 0.345. The zero-order valence-corrected chi connectivity index (χ0v) is 10.3. The highest BCUT2D eigenvalue weighted by Gasteiger charge is 2.16. The number of hydrogen-bond acceptors (Lipinski definition) is 3. The van der Waals surface area contributed by atoms with Gasteiger partial charge in [0.2, 0.25) is 0 Å². The standard InChI is InChI=1S/C13H22N2O/c1-10(2)6-12-9-16-13(15-12)7-11-4-3-5-14-8-11/h9-11,14H,3-8H2,1-2H3. The van der Waals surface area contributed by atoms with Crippen molar-refractivity contribution in [2.24, 2.45) is 11.8 Å². The van der Waals surface area contributed by atoms with Crippen LogP contribution in [0.1, 0.15) is 38.3 Å². The van der Waals surface area contributed by atoms with Gasteiger partial charge in [-0.15, -0.1) is 0 Å². The minimum absolute atomic E-state index is 0.647. The second-order valence-electron chi connectivity index (χ2n) is 5.25. The van der Waals surface area contributed by atoms with Crippen molar-refractivity contribution in [2.75, 3.05) is 13.1 Å². The van der Waals surface area contributed by atoms with Crippen molar-refractivity contribution >= 4 is 0 Å². The molecule has 3 heteroatoms. The summed E-state index contributed by atoms with van der Waals surface area (Å²) in [6, 6.07) is 0. The van der Waals surface area contributed by atoms with Crippen LogP contribution in [0.5, 0.6) is 0 Å². The number of piperidine rings is 1. The molecule has 3 nitrogen and oxygen atoms in total. The van der Waals surface area contributed by atoms with Crippen LogP contribution in [-0.2, 0) is 12.8 Å². The van der Waals surface area contributed by atoms with E-state index in [1.807, 2.05) is 6.26 Å². The molecule has 1 fully saturated rings. The van der Waals surface area contributed by atoms with Crippen molar-refractivity contribution in [1.82, 2.24) is 10.3 Å². The summed E-state index contributed by atoms with van der Waals surface area (Å²) in [5, 5.41) is 3.42. The topological polar surface area (TPSA) is 38.1 Å².